The van der Waals surface area contributed by atoms with Gasteiger partial charge in [0.1, 0.15) is 12.1 Å². The predicted molar refractivity (Wildman–Crippen MR) is 110 cm³/mol. The van der Waals surface area contributed by atoms with Gasteiger partial charge < -0.3 is 10.5 Å². The highest BCUT2D eigenvalue weighted by Gasteiger charge is 2.47. The summed E-state index contributed by atoms with van der Waals surface area (Å²) in [6.07, 6.45) is -0.0367. The first-order chi connectivity index (χ1) is 14.5. The number of esters is 1. The number of carbonyl (C=O) groups excluding carboxylic acids is 5. The molecule has 1 unspecified atom stereocenters. The van der Waals surface area contributed by atoms with Gasteiger partial charge in [-0.05, 0) is 36.0 Å². The number of rotatable bonds is 6. The van der Waals surface area contributed by atoms with Gasteiger partial charge in [0.15, 0.2) is 6.73 Å². The van der Waals surface area contributed by atoms with Gasteiger partial charge in [-0.15, -0.1) is 0 Å². The SMILES string of the molecule is CC(C)c1ccc2c(c1)C(=O)N(C1CCC(=O)N(COC(=O)[C@@H](N)C(C)C)C1=O)C2=O. The third-order valence-electron chi connectivity index (χ3n) is 5.73. The van der Waals surface area contributed by atoms with Gasteiger partial charge in [-0.3, -0.25) is 28.9 Å². The molecule has 0 aromatic heterocycles. The maximum atomic E-state index is 13.0. The number of carbonyl (C=O) groups is 5. The zero-order chi connectivity index (χ0) is 23.0. The highest BCUT2D eigenvalue weighted by molar-refractivity contribution is 6.23. The standard InChI is InChI=1S/C22H27N3O6/c1-11(2)13-5-6-14-15(9-13)20(28)25(19(14)27)16-7-8-17(26)24(21(16)29)10-31-22(30)18(23)12(3)4/h5-6,9,11-12,16,18H,7-8,10,23H2,1-4H3/t16?,18-/m0/s1. The maximum Gasteiger partial charge on any atom is 0.324 e. The highest BCUT2D eigenvalue weighted by atomic mass is 16.5. The van der Waals surface area contributed by atoms with E-state index in [1.165, 1.54) is 0 Å². The Hall–Kier alpha value is -3.07. The maximum absolute atomic E-state index is 13.0. The van der Waals surface area contributed by atoms with Crippen molar-refractivity contribution in [2.75, 3.05) is 6.73 Å². The van der Waals surface area contributed by atoms with E-state index in [9.17, 15) is 24.0 Å². The van der Waals surface area contributed by atoms with E-state index < -0.39 is 48.4 Å². The fraction of sp³-hybridized carbons (Fsp3) is 0.500. The molecule has 4 amide bonds. The first-order valence-corrected chi connectivity index (χ1v) is 10.3. The minimum atomic E-state index is -1.13. The minimum Gasteiger partial charge on any atom is -0.443 e. The van der Waals surface area contributed by atoms with Crippen LogP contribution in [-0.4, -0.2) is 58.2 Å². The summed E-state index contributed by atoms with van der Waals surface area (Å²) in [6, 6.07) is 3.03. The molecule has 0 aliphatic carbocycles. The first-order valence-electron chi connectivity index (χ1n) is 10.3. The lowest BCUT2D eigenvalue weighted by Crippen LogP contribution is -2.56. The van der Waals surface area contributed by atoms with Crippen molar-refractivity contribution < 1.29 is 28.7 Å². The van der Waals surface area contributed by atoms with Crippen LogP contribution in [0.15, 0.2) is 18.2 Å². The molecule has 2 N–H and O–H groups in total. The highest BCUT2D eigenvalue weighted by Crippen LogP contribution is 2.31. The van der Waals surface area contributed by atoms with Crippen molar-refractivity contribution in [2.24, 2.45) is 11.7 Å². The number of imide groups is 2. The van der Waals surface area contributed by atoms with E-state index in [0.717, 1.165) is 15.4 Å². The summed E-state index contributed by atoms with van der Waals surface area (Å²) in [6.45, 7) is 6.83. The molecule has 166 valence electrons. The molecule has 1 aromatic carbocycles. The monoisotopic (exact) mass is 429 g/mol. The summed E-state index contributed by atoms with van der Waals surface area (Å²) >= 11 is 0. The third kappa shape index (κ3) is 4.10. The number of piperidine rings is 1. The number of amides is 4. The molecule has 9 nitrogen and oxygen atoms in total. The Bertz CT molecular complexity index is 955. The fourth-order valence-corrected chi connectivity index (χ4v) is 3.61. The molecule has 2 heterocycles. The van der Waals surface area contributed by atoms with E-state index in [-0.39, 0.29) is 35.8 Å². The number of fused-ring (bicyclic) bond motifs is 1. The molecular formula is C22H27N3O6. The largest absolute Gasteiger partial charge is 0.443 e. The summed E-state index contributed by atoms with van der Waals surface area (Å²) in [5.74, 6) is -3.16. The summed E-state index contributed by atoms with van der Waals surface area (Å²) in [5.41, 5.74) is 7.12. The van der Waals surface area contributed by atoms with E-state index in [2.05, 4.69) is 0 Å². The number of nitrogens with two attached hydrogens (primary N) is 1. The van der Waals surface area contributed by atoms with Crippen LogP contribution in [0.3, 0.4) is 0 Å². The zero-order valence-corrected chi connectivity index (χ0v) is 18.1. The lowest BCUT2D eigenvalue weighted by molar-refractivity contribution is -0.164. The number of nitrogens with zero attached hydrogens (tertiary/aromatic N) is 2. The van der Waals surface area contributed by atoms with Gasteiger partial charge in [-0.1, -0.05) is 33.8 Å². The molecule has 2 aliphatic heterocycles. The summed E-state index contributed by atoms with van der Waals surface area (Å²) in [4.78, 5) is 64.8. The van der Waals surface area contributed by atoms with Gasteiger partial charge in [0.25, 0.3) is 17.7 Å². The van der Waals surface area contributed by atoms with Crippen LogP contribution in [0.4, 0.5) is 0 Å². The molecule has 0 bridgehead atoms. The molecule has 1 fully saturated rings. The van der Waals surface area contributed by atoms with Crippen LogP contribution in [0.2, 0.25) is 0 Å². The molecule has 1 saturated heterocycles. The van der Waals surface area contributed by atoms with Crippen molar-refractivity contribution in [2.45, 2.75) is 58.5 Å². The number of hydrogen-bond donors (Lipinski definition) is 1. The van der Waals surface area contributed by atoms with Gasteiger partial charge in [0.2, 0.25) is 5.91 Å². The molecular weight excluding hydrogens is 402 g/mol. The second kappa shape index (κ2) is 8.58. The second-order valence-corrected chi connectivity index (χ2v) is 8.52. The Balaban J connectivity index is 1.79. The zero-order valence-electron chi connectivity index (χ0n) is 18.1. The first kappa shape index (κ1) is 22.6. The molecule has 0 spiro atoms. The quantitative estimate of drug-likeness (QED) is 0.535. The van der Waals surface area contributed by atoms with Crippen molar-refractivity contribution in [1.29, 1.82) is 0 Å². The summed E-state index contributed by atoms with van der Waals surface area (Å²) < 4.78 is 5.05. The van der Waals surface area contributed by atoms with Crippen LogP contribution in [0, 0.1) is 5.92 Å². The van der Waals surface area contributed by atoms with E-state index in [4.69, 9.17) is 10.5 Å². The van der Waals surface area contributed by atoms with Gasteiger partial charge >= 0.3 is 5.97 Å². The van der Waals surface area contributed by atoms with Gasteiger partial charge in [-0.25, -0.2) is 4.90 Å². The molecule has 3 rings (SSSR count). The molecule has 1 aromatic rings. The van der Waals surface area contributed by atoms with Crippen molar-refractivity contribution in [3.63, 3.8) is 0 Å². The molecule has 31 heavy (non-hydrogen) atoms. The molecule has 2 atom stereocenters. The van der Waals surface area contributed by atoms with Crippen LogP contribution < -0.4 is 5.73 Å². The van der Waals surface area contributed by atoms with Gasteiger partial charge in [0.05, 0.1) is 11.1 Å². The summed E-state index contributed by atoms with van der Waals surface area (Å²) in [5, 5.41) is 0. The lowest BCUT2D eigenvalue weighted by atomic mass is 9.98. The van der Waals surface area contributed by atoms with Crippen molar-refractivity contribution in [1.82, 2.24) is 9.80 Å². The van der Waals surface area contributed by atoms with Crippen LogP contribution in [0.5, 0.6) is 0 Å². The van der Waals surface area contributed by atoms with Crippen LogP contribution in [0.25, 0.3) is 0 Å². The van der Waals surface area contributed by atoms with Crippen molar-refractivity contribution >= 4 is 29.6 Å². The Morgan fingerprint density at radius 1 is 1.10 bits per heavy atom. The normalized spacial score (nSPS) is 20.0. The second-order valence-electron chi connectivity index (χ2n) is 8.52. The topological polar surface area (TPSA) is 127 Å². The number of hydrogen-bond acceptors (Lipinski definition) is 7. The molecule has 9 heteroatoms. The molecule has 0 radical (unpaired) electrons. The summed E-state index contributed by atoms with van der Waals surface area (Å²) in [7, 11) is 0. The molecule has 0 saturated carbocycles. The Morgan fingerprint density at radius 3 is 2.35 bits per heavy atom. The van der Waals surface area contributed by atoms with E-state index in [1.807, 2.05) is 13.8 Å². The predicted octanol–water partition coefficient (Wildman–Crippen LogP) is 1.41. The Morgan fingerprint density at radius 2 is 1.74 bits per heavy atom. The van der Waals surface area contributed by atoms with Crippen LogP contribution >= 0.6 is 0 Å². The van der Waals surface area contributed by atoms with Gasteiger partial charge in [-0.2, -0.15) is 0 Å². The lowest BCUT2D eigenvalue weighted by Gasteiger charge is -2.34. The van der Waals surface area contributed by atoms with E-state index in [0.29, 0.717) is 0 Å². The van der Waals surface area contributed by atoms with Crippen molar-refractivity contribution in [3.05, 3.63) is 34.9 Å². The van der Waals surface area contributed by atoms with Crippen LogP contribution in [0.1, 0.15) is 72.7 Å². The third-order valence-corrected chi connectivity index (χ3v) is 5.73. The smallest absolute Gasteiger partial charge is 0.324 e. The van der Waals surface area contributed by atoms with Gasteiger partial charge in [0, 0.05) is 6.42 Å². The fourth-order valence-electron chi connectivity index (χ4n) is 3.61. The van der Waals surface area contributed by atoms with Crippen molar-refractivity contribution in [3.8, 4) is 0 Å². The average Bonchev–Trinajstić information content (AvgIpc) is 2.97. The number of likely N-dealkylation sites (tertiary alicyclic amines) is 1. The molecule has 2 aliphatic rings. The van der Waals surface area contributed by atoms with Crippen LogP contribution in [-0.2, 0) is 19.1 Å². The van der Waals surface area contributed by atoms with E-state index >= 15 is 0 Å². The number of benzene rings is 1. The minimum absolute atomic E-state index is 0.0239. The average molecular weight is 429 g/mol. The van der Waals surface area contributed by atoms with E-state index in [1.54, 1.807) is 32.0 Å². The Labute approximate surface area is 180 Å². The number of ether oxygens (including phenoxy) is 1. The Kier molecular flexibility index (Phi) is 6.26.